The normalized spacial score (nSPS) is 10.5. The number of likely N-dealkylation sites (N-methyl/N-ethyl adjacent to an activating group) is 1. The van der Waals surface area contributed by atoms with Crippen LogP contribution in [-0.2, 0) is 6.54 Å². The number of anilines is 1. The molecule has 0 spiro atoms. The first-order valence-electron chi connectivity index (χ1n) is 10.0. The fourth-order valence-electron chi connectivity index (χ4n) is 3.23. The van der Waals surface area contributed by atoms with E-state index in [2.05, 4.69) is 11.4 Å². The second-order valence-corrected chi connectivity index (χ2v) is 7.52. The van der Waals surface area contributed by atoms with Crippen molar-refractivity contribution in [2.45, 2.75) is 6.54 Å². The lowest BCUT2D eigenvalue weighted by Gasteiger charge is -2.25. The van der Waals surface area contributed by atoms with Gasteiger partial charge in [-0.3, -0.25) is 0 Å². The second-order valence-electron chi connectivity index (χ2n) is 7.52. The SMILES string of the molecule is CN(C)CCN(Cc1cccc(F)c1)C(=O)Nc1cccc(-c2ccccc2C#N)c1. The Morgan fingerprint density at radius 2 is 1.77 bits per heavy atom. The zero-order chi connectivity index (χ0) is 22.2. The Morgan fingerprint density at radius 3 is 2.52 bits per heavy atom. The highest BCUT2D eigenvalue weighted by Gasteiger charge is 2.15. The minimum absolute atomic E-state index is 0.267. The summed E-state index contributed by atoms with van der Waals surface area (Å²) in [6.07, 6.45) is 0. The quantitative estimate of drug-likeness (QED) is 0.592. The summed E-state index contributed by atoms with van der Waals surface area (Å²) >= 11 is 0. The van der Waals surface area contributed by atoms with Crippen LogP contribution in [0.1, 0.15) is 11.1 Å². The number of halogens is 1. The van der Waals surface area contributed by atoms with Crippen LogP contribution in [0.2, 0.25) is 0 Å². The molecule has 0 aromatic heterocycles. The number of urea groups is 1. The van der Waals surface area contributed by atoms with E-state index < -0.39 is 0 Å². The molecular weight excluding hydrogens is 391 g/mol. The Kier molecular flexibility index (Phi) is 7.36. The Labute approximate surface area is 182 Å². The average Bonchev–Trinajstić information content (AvgIpc) is 2.76. The van der Waals surface area contributed by atoms with Crippen LogP contribution in [0.15, 0.2) is 72.8 Å². The van der Waals surface area contributed by atoms with Crippen molar-refractivity contribution in [1.82, 2.24) is 9.80 Å². The van der Waals surface area contributed by atoms with E-state index in [1.165, 1.54) is 12.1 Å². The number of rotatable bonds is 7. The van der Waals surface area contributed by atoms with Crippen LogP contribution in [0, 0.1) is 17.1 Å². The summed E-state index contributed by atoms with van der Waals surface area (Å²) in [5.41, 5.74) is 3.59. The molecule has 158 valence electrons. The summed E-state index contributed by atoms with van der Waals surface area (Å²) in [6.45, 7) is 1.47. The van der Waals surface area contributed by atoms with Gasteiger partial charge in [0.05, 0.1) is 11.6 Å². The first-order valence-corrected chi connectivity index (χ1v) is 10.0. The van der Waals surface area contributed by atoms with Crippen molar-refractivity contribution in [3.8, 4) is 17.2 Å². The number of nitriles is 1. The summed E-state index contributed by atoms with van der Waals surface area (Å²) in [7, 11) is 3.88. The van der Waals surface area contributed by atoms with Crippen molar-refractivity contribution in [2.24, 2.45) is 0 Å². The molecule has 6 heteroatoms. The van der Waals surface area contributed by atoms with E-state index in [1.54, 1.807) is 23.1 Å². The van der Waals surface area contributed by atoms with Crippen LogP contribution in [0.3, 0.4) is 0 Å². The van der Waals surface area contributed by atoms with Gasteiger partial charge in [-0.2, -0.15) is 5.26 Å². The fraction of sp³-hybridized carbons (Fsp3) is 0.200. The standard InChI is InChI=1S/C25H25FN4O/c1-29(2)13-14-30(18-19-7-5-10-22(26)15-19)25(31)28-23-11-6-9-20(16-23)24-12-4-3-8-21(24)17-27/h3-12,15-16H,13-14,18H2,1-2H3,(H,28,31). The van der Waals surface area contributed by atoms with Gasteiger partial charge in [-0.1, -0.05) is 42.5 Å². The first-order chi connectivity index (χ1) is 15.0. The van der Waals surface area contributed by atoms with E-state index in [-0.39, 0.29) is 11.8 Å². The van der Waals surface area contributed by atoms with E-state index in [1.807, 2.05) is 61.5 Å². The summed E-state index contributed by atoms with van der Waals surface area (Å²) in [6, 6.07) is 23.0. The molecule has 0 aliphatic rings. The summed E-state index contributed by atoms with van der Waals surface area (Å²) in [5.74, 6) is -0.325. The van der Waals surface area contributed by atoms with Crippen molar-refractivity contribution in [1.29, 1.82) is 5.26 Å². The lowest BCUT2D eigenvalue weighted by molar-refractivity contribution is 0.202. The van der Waals surface area contributed by atoms with Crippen molar-refractivity contribution in [3.05, 3.63) is 89.7 Å². The predicted octanol–water partition coefficient (Wildman–Crippen LogP) is 4.96. The molecule has 5 nitrogen and oxygen atoms in total. The Hall–Kier alpha value is -3.69. The summed E-state index contributed by atoms with van der Waals surface area (Å²) < 4.78 is 13.6. The number of benzene rings is 3. The molecule has 1 N–H and O–H groups in total. The van der Waals surface area contributed by atoms with Gasteiger partial charge in [-0.25, -0.2) is 9.18 Å². The largest absolute Gasteiger partial charge is 0.322 e. The van der Waals surface area contributed by atoms with Gasteiger partial charge in [0.2, 0.25) is 0 Å². The predicted molar refractivity (Wildman–Crippen MR) is 121 cm³/mol. The molecule has 0 bridgehead atoms. The number of amides is 2. The number of nitrogens with one attached hydrogen (secondary N) is 1. The zero-order valence-corrected chi connectivity index (χ0v) is 17.7. The van der Waals surface area contributed by atoms with E-state index in [4.69, 9.17) is 0 Å². The second kappa shape index (κ2) is 10.4. The van der Waals surface area contributed by atoms with Crippen molar-refractivity contribution < 1.29 is 9.18 Å². The maximum Gasteiger partial charge on any atom is 0.322 e. The van der Waals surface area contributed by atoms with E-state index in [0.29, 0.717) is 30.9 Å². The third-order valence-electron chi connectivity index (χ3n) is 4.84. The van der Waals surface area contributed by atoms with Crippen LogP contribution < -0.4 is 5.32 Å². The van der Waals surface area contributed by atoms with Gasteiger partial charge < -0.3 is 15.1 Å². The smallest absolute Gasteiger partial charge is 0.319 e. The minimum Gasteiger partial charge on any atom is -0.319 e. The van der Waals surface area contributed by atoms with Crippen molar-refractivity contribution in [2.75, 3.05) is 32.5 Å². The van der Waals surface area contributed by atoms with Crippen LogP contribution >= 0.6 is 0 Å². The first kappa shape index (κ1) is 22.0. The van der Waals surface area contributed by atoms with Gasteiger partial charge in [-0.05, 0) is 61.1 Å². The summed E-state index contributed by atoms with van der Waals surface area (Å²) in [5, 5.41) is 12.3. The molecule has 0 aliphatic heterocycles. The number of hydrogen-bond acceptors (Lipinski definition) is 3. The minimum atomic E-state index is -0.325. The molecule has 3 aromatic rings. The number of nitrogens with zero attached hydrogens (tertiary/aromatic N) is 3. The van der Waals surface area contributed by atoms with Gasteiger partial charge in [0.15, 0.2) is 0 Å². The number of carbonyl (C=O) groups excluding carboxylic acids is 1. The van der Waals surface area contributed by atoms with E-state index >= 15 is 0 Å². The molecule has 0 fully saturated rings. The molecule has 3 aromatic carbocycles. The average molecular weight is 417 g/mol. The molecule has 0 atom stereocenters. The zero-order valence-electron chi connectivity index (χ0n) is 17.7. The molecule has 0 heterocycles. The van der Waals surface area contributed by atoms with Gasteiger partial charge >= 0.3 is 6.03 Å². The third kappa shape index (κ3) is 6.14. The maximum absolute atomic E-state index is 13.6. The van der Waals surface area contributed by atoms with Gasteiger partial charge in [-0.15, -0.1) is 0 Å². The van der Waals surface area contributed by atoms with Crippen LogP contribution in [0.4, 0.5) is 14.9 Å². The lowest BCUT2D eigenvalue weighted by atomic mass is 10.00. The molecule has 0 unspecified atom stereocenters. The van der Waals surface area contributed by atoms with Crippen LogP contribution in [-0.4, -0.2) is 43.0 Å². The van der Waals surface area contributed by atoms with Crippen molar-refractivity contribution >= 4 is 11.7 Å². The molecule has 0 radical (unpaired) electrons. The number of hydrogen-bond donors (Lipinski definition) is 1. The summed E-state index contributed by atoms with van der Waals surface area (Å²) in [4.78, 5) is 16.7. The van der Waals surface area contributed by atoms with E-state index in [0.717, 1.165) is 16.7 Å². The molecule has 0 aliphatic carbocycles. The van der Waals surface area contributed by atoms with Crippen molar-refractivity contribution in [3.63, 3.8) is 0 Å². The third-order valence-corrected chi connectivity index (χ3v) is 4.84. The van der Waals surface area contributed by atoms with Crippen LogP contribution in [0.5, 0.6) is 0 Å². The molecule has 31 heavy (non-hydrogen) atoms. The molecular formula is C25H25FN4O. The highest BCUT2D eigenvalue weighted by Crippen LogP contribution is 2.26. The fourth-order valence-corrected chi connectivity index (χ4v) is 3.23. The highest BCUT2D eigenvalue weighted by molar-refractivity contribution is 5.90. The topological polar surface area (TPSA) is 59.4 Å². The molecule has 0 saturated heterocycles. The maximum atomic E-state index is 13.6. The Bertz CT molecular complexity index is 1090. The monoisotopic (exact) mass is 416 g/mol. The van der Waals surface area contributed by atoms with Crippen LogP contribution in [0.25, 0.3) is 11.1 Å². The van der Waals surface area contributed by atoms with E-state index in [9.17, 15) is 14.4 Å². The van der Waals surface area contributed by atoms with Gasteiger partial charge in [0.1, 0.15) is 5.82 Å². The highest BCUT2D eigenvalue weighted by atomic mass is 19.1. The number of carbonyl (C=O) groups is 1. The molecule has 2 amide bonds. The Morgan fingerprint density at radius 1 is 1.00 bits per heavy atom. The molecule has 3 rings (SSSR count). The van der Waals surface area contributed by atoms with Gasteiger partial charge in [0.25, 0.3) is 0 Å². The van der Waals surface area contributed by atoms with Gasteiger partial charge in [0, 0.05) is 25.3 Å². The Balaban J connectivity index is 1.80. The lowest BCUT2D eigenvalue weighted by Crippen LogP contribution is -2.39. The molecule has 0 saturated carbocycles.